The zero-order chi connectivity index (χ0) is 23.2. The van der Waals surface area contributed by atoms with Gasteiger partial charge in [-0.05, 0) is 72.5 Å². The van der Waals surface area contributed by atoms with Crippen LogP contribution in [0.25, 0.3) is 10.8 Å². The number of fused-ring (bicyclic) bond motifs is 1. The number of urea groups is 2. The van der Waals surface area contributed by atoms with Crippen molar-refractivity contribution in [2.24, 2.45) is 0 Å². The van der Waals surface area contributed by atoms with Crippen LogP contribution in [-0.2, 0) is 0 Å². The summed E-state index contributed by atoms with van der Waals surface area (Å²) in [5.74, 6) is 0. The van der Waals surface area contributed by atoms with Crippen molar-refractivity contribution in [2.45, 2.75) is 16.7 Å². The summed E-state index contributed by atoms with van der Waals surface area (Å²) in [5, 5.41) is 13.2. The highest BCUT2D eigenvalue weighted by atomic mass is 32.2. The van der Waals surface area contributed by atoms with Gasteiger partial charge in [-0.3, -0.25) is 0 Å². The number of hydrogen-bond acceptors (Lipinski definition) is 3. The minimum Gasteiger partial charge on any atom is -0.341 e. The summed E-state index contributed by atoms with van der Waals surface area (Å²) < 4.78 is 0. The second-order valence-electron chi connectivity index (χ2n) is 7.47. The van der Waals surface area contributed by atoms with Gasteiger partial charge in [0.25, 0.3) is 0 Å². The molecule has 0 heterocycles. The van der Waals surface area contributed by atoms with Crippen molar-refractivity contribution in [1.82, 2.24) is 5.32 Å². The highest BCUT2D eigenvalue weighted by molar-refractivity contribution is 7.99. The van der Waals surface area contributed by atoms with Crippen molar-refractivity contribution in [3.63, 3.8) is 0 Å². The Morgan fingerprint density at radius 1 is 0.697 bits per heavy atom. The van der Waals surface area contributed by atoms with E-state index < -0.39 is 0 Å². The van der Waals surface area contributed by atoms with E-state index in [1.54, 1.807) is 18.8 Å². The zero-order valence-corrected chi connectivity index (χ0v) is 19.1. The number of nitrogens with one attached hydrogen (secondary N) is 4. The number of carbonyl (C=O) groups excluding carboxylic acids is 2. The molecule has 166 valence electrons. The second kappa shape index (κ2) is 10.1. The SMILES string of the molecule is CNC(=O)Nc1ccc(Sc2ccc(NC(=O)Nc3cc(C)cc4ccccc34)cc2)cc1. The first-order valence-electron chi connectivity index (χ1n) is 10.4. The first-order chi connectivity index (χ1) is 16.0. The summed E-state index contributed by atoms with van der Waals surface area (Å²) >= 11 is 1.60. The van der Waals surface area contributed by atoms with Crippen LogP contribution in [0.4, 0.5) is 26.7 Å². The van der Waals surface area contributed by atoms with Crippen molar-refractivity contribution in [3.05, 3.63) is 90.5 Å². The topological polar surface area (TPSA) is 82.3 Å². The van der Waals surface area contributed by atoms with E-state index in [0.717, 1.165) is 37.5 Å². The number of hydrogen-bond donors (Lipinski definition) is 4. The molecule has 0 saturated carbocycles. The van der Waals surface area contributed by atoms with Gasteiger partial charge in [-0.1, -0.05) is 42.1 Å². The number of carbonyl (C=O) groups is 2. The van der Waals surface area contributed by atoms with Gasteiger partial charge in [-0.25, -0.2) is 9.59 Å². The Hall–Kier alpha value is -3.97. The quantitative estimate of drug-likeness (QED) is 0.270. The highest BCUT2D eigenvalue weighted by Crippen LogP contribution is 2.30. The molecule has 0 aliphatic rings. The van der Waals surface area contributed by atoms with Crippen molar-refractivity contribution >= 4 is 51.7 Å². The summed E-state index contributed by atoms with van der Waals surface area (Å²) in [7, 11) is 1.58. The normalized spacial score (nSPS) is 10.5. The van der Waals surface area contributed by atoms with Gasteiger partial charge in [0.05, 0.1) is 5.69 Å². The summed E-state index contributed by atoms with van der Waals surface area (Å²) in [6.07, 6.45) is 0. The second-order valence-corrected chi connectivity index (χ2v) is 8.61. The predicted octanol–water partition coefficient (Wildman–Crippen LogP) is 6.69. The molecule has 4 N–H and O–H groups in total. The van der Waals surface area contributed by atoms with Crippen LogP contribution in [0, 0.1) is 6.92 Å². The predicted molar refractivity (Wildman–Crippen MR) is 136 cm³/mol. The average Bonchev–Trinajstić information content (AvgIpc) is 2.81. The lowest BCUT2D eigenvalue weighted by Crippen LogP contribution is -2.24. The molecule has 0 atom stereocenters. The minimum atomic E-state index is -0.287. The van der Waals surface area contributed by atoms with Gasteiger partial charge in [-0.2, -0.15) is 0 Å². The standard InChI is InChI=1S/C26H24N4O2S/c1-17-15-18-5-3-4-6-23(18)24(16-17)30-26(32)29-20-9-13-22(14-10-20)33-21-11-7-19(8-12-21)28-25(31)27-2/h3-16H,1-2H3,(H2,27,28,31)(H2,29,30,32). The highest BCUT2D eigenvalue weighted by Gasteiger charge is 2.08. The molecule has 0 spiro atoms. The first kappa shape index (κ1) is 22.2. The van der Waals surface area contributed by atoms with E-state index in [-0.39, 0.29) is 12.1 Å². The molecule has 0 bridgehead atoms. The van der Waals surface area contributed by atoms with Gasteiger partial charge in [0.2, 0.25) is 0 Å². The van der Waals surface area contributed by atoms with Crippen molar-refractivity contribution in [2.75, 3.05) is 23.0 Å². The third-order valence-corrected chi connectivity index (χ3v) is 5.96. The number of anilines is 3. The summed E-state index contributed by atoms with van der Waals surface area (Å²) in [4.78, 5) is 26.0. The van der Waals surface area contributed by atoms with Crippen LogP contribution in [0.2, 0.25) is 0 Å². The Labute approximate surface area is 196 Å². The molecule has 4 aromatic rings. The Morgan fingerprint density at radius 3 is 1.88 bits per heavy atom. The lowest BCUT2D eigenvalue weighted by Gasteiger charge is -2.12. The van der Waals surface area contributed by atoms with Crippen LogP contribution in [0.15, 0.2) is 94.7 Å². The fourth-order valence-electron chi connectivity index (χ4n) is 3.39. The van der Waals surface area contributed by atoms with E-state index in [4.69, 9.17) is 0 Å². The van der Waals surface area contributed by atoms with Gasteiger partial charge < -0.3 is 21.3 Å². The summed E-state index contributed by atoms with van der Waals surface area (Å²) in [6, 6.07) is 26.8. The third-order valence-electron chi connectivity index (χ3n) is 4.94. The lowest BCUT2D eigenvalue weighted by molar-refractivity contribution is 0.254. The van der Waals surface area contributed by atoms with E-state index in [2.05, 4.69) is 27.3 Å². The van der Waals surface area contributed by atoms with Gasteiger partial charge in [0, 0.05) is 33.6 Å². The van der Waals surface area contributed by atoms with E-state index in [0.29, 0.717) is 5.69 Å². The maximum absolute atomic E-state index is 12.6. The molecule has 0 saturated heterocycles. The maximum atomic E-state index is 12.6. The van der Waals surface area contributed by atoms with Gasteiger partial charge in [0.15, 0.2) is 0 Å². The van der Waals surface area contributed by atoms with E-state index >= 15 is 0 Å². The molecule has 7 heteroatoms. The Balaban J connectivity index is 1.37. The largest absolute Gasteiger partial charge is 0.341 e. The fraction of sp³-hybridized carbons (Fsp3) is 0.0769. The lowest BCUT2D eigenvalue weighted by atomic mass is 10.1. The number of amides is 4. The number of benzene rings is 4. The van der Waals surface area contributed by atoms with Crippen molar-refractivity contribution in [1.29, 1.82) is 0 Å². The van der Waals surface area contributed by atoms with Gasteiger partial charge >= 0.3 is 12.1 Å². The molecule has 6 nitrogen and oxygen atoms in total. The summed E-state index contributed by atoms with van der Waals surface area (Å²) in [6.45, 7) is 2.01. The molecular weight excluding hydrogens is 432 g/mol. The van der Waals surface area contributed by atoms with Crippen LogP contribution >= 0.6 is 11.8 Å². The smallest absolute Gasteiger partial charge is 0.323 e. The van der Waals surface area contributed by atoms with Gasteiger partial charge in [-0.15, -0.1) is 0 Å². The number of aryl methyl sites for hydroxylation is 1. The average molecular weight is 457 g/mol. The Morgan fingerprint density at radius 2 is 1.27 bits per heavy atom. The molecule has 0 fully saturated rings. The monoisotopic (exact) mass is 456 g/mol. The van der Waals surface area contributed by atoms with E-state index in [1.165, 1.54) is 0 Å². The van der Waals surface area contributed by atoms with Crippen LogP contribution in [0.5, 0.6) is 0 Å². The first-order valence-corrected chi connectivity index (χ1v) is 11.3. The molecule has 0 radical (unpaired) electrons. The van der Waals surface area contributed by atoms with Crippen LogP contribution in [0.1, 0.15) is 5.56 Å². The maximum Gasteiger partial charge on any atom is 0.323 e. The van der Waals surface area contributed by atoms with E-state index in [1.807, 2.05) is 85.8 Å². The number of rotatable bonds is 5. The van der Waals surface area contributed by atoms with Crippen LogP contribution in [-0.4, -0.2) is 19.1 Å². The molecule has 0 unspecified atom stereocenters. The Bertz CT molecular complexity index is 1290. The summed E-state index contributed by atoms with van der Waals surface area (Å²) in [5.41, 5.74) is 3.30. The molecule has 4 rings (SSSR count). The van der Waals surface area contributed by atoms with Crippen molar-refractivity contribution in [3.8, 4) is 0 Å². The van der Waals surface area contributed by atoms with E-state index in [9.17, 15) is 9.59 Å². The molecule has 0 aliphatic heterocycles. The fourth-order valence-corrected chi connectivity index (χ4v) is 4.21. The van der Waals surface area contributed by atoms with Crippen LogP contribution in [0.3, 0.4) is 0 Å². The Kier molecular flexibility index (Phi) is 6.80. The molecule has 0 aromatic heterocycles. The van der Waals surface area contributed by atoms with Crippen LogP contribution < -0.4 is 21.3 Å². The third kappa shape index (κ3) is 5.84. The van der Waals surface area contributed by atoms with Crippen molar-refractivity contribution < 1.29 is 9.59 Å². The van der Waals surface area contributed by atoms with Gasteiger partial charge in [0.1, 0.15) is 0 Å². The molecule has 33 heavy (non-hydrogen) atoms. The molecular formula is C26H24N4O2S. The minimum absolute atomic E-state index is 0.252. The zero-order valence-electron chi connectivity index (χ0n) is 18.3. The molecule has 4 amide bonds. The molecule has 4 aromatic carbocycles. The molecule has 0 aliphatic carbocycles.